The van der Waals surface area contributed by atoms with Gasteiger partial charge in [0.2, 0.25) is 0 Å². The first-order valence-corrected chi connectivity index (χ1v) is 11.3. The van der Waals surface area contributed by atoms with E-state index in [0.717, 1.165) is 27.3 Å². The van der Waals surface area contributed by atoms with Crippen LogP contribution in [0.1, 0.15) is 18.1 Å². The van der Waals surface area contributed by atoms with Gasteiger partial charge in [-0.2, -0.15) is 5.10 Å². The molecule has 32 heavy (non-hydrogen) atoms. The minimum atomic E-state index is -0.318. The first-order chi connectivity index (χ1) is 15.5. The Morgan fingerprint density at radius 3 is 2.59 bits per heavy atom. The number of carbonyl (C=O) groups is 1. The summed E-state index contributed by atoms with van der Waals surface area (Å²) in [5.41, 5.74) is 6.69. The van der Waals surface area contributed by atoms with E-state index in [2.05, 4.69) is 15.1 Å². The highest BCUT2D eigenvalue weighted by Crippen LogP contribution is 2.27. The van der Waals surface area contributed by atoms with Gasteiger partial charge in [-0.05, 0) is 48.4 Å². The Kier molecular flexibility index (Phi) is 6.87. The molecule has 0 bridgehead atoms. The van der Waals surface area contributed by atoms with Crippen LogP contribution in [0.3, 0.4) is 0 Å². The van der Waals surface area contributed by atoms with Gasteiger partial charge < -0.3 is 4.57 Å². The number of rotatable bonds is 7. The monoisotopic (exact) mass is 466 g/mol. The summed E-state index contributed by atoms with van der Waals surface area (Å²) in [5.74, 6) is -0.430. The summed E-state index contributed by atoms with van der Waals surface area (Å²) in [6.07, 6.45) is 0. The molecule has 0 radical (unpaired) electrons. The molecular weight excluding hydrogens is 447 g/mol. The van der Waals surface area contributed by atoms with Crippen molar-refractivity contribution in [3.05, 3.63) is 94.8 Å². The average Bonchev–Trinajstić information content (AvgIpc) is 3.15. The molecule has 162 valence electrons. The maximum atomic E-state index is 13.1. The second-order valence-electron chi connectivity index (χ2n) is 7.09. The third-order valence-electron chi connectivity index (χ3n) is 4.85. The highest BCUT2D eigenvalue weighted by atomic mass is 35.5. The molecule has 5 nitrogen and oxygen atoms in total. The fourth-order valence-corrected chi connectivity index (χ4v) is 4.18. The quantitative estimate of drug-likeness (QED) is 0.222. The number of thioether (sulfide) groups is 1. The predicted molar refractivity (Wildman–Crippen MR) is 128 cm³/mol. The maximum Gasteiger partial charge on any atom is 0.250 e. The van der Waals surface area contributed by atoms with Gasteiger partial charge in [-0.25, -0.2) is 14.8 Å². The Bertz CT molecular complexity index is 1290. The summed E-state index contributed by atoms with van der Waals surface area (Å²) < 4.78 is 15.1. The van der Waals surface area contributed by atoms with Crippen LogP contribution in [-0.2, 0) is 11.3 Å². The van der Waals surface area contributed by atoms with E-state index in [4.69, 9.17) is 16.6 Å². The molecule has 8 heteroatoms. The lowest BCUT2D eigenvalue weighted by Crippen LogP contribution is -2.21. The Labute approximate surface area is 194 Å². The zero-order valence-electron chi connectivity index (χ0n) is 17.3. The van der Waals surface area contributed by atoms with Crippen molar-refractivity contribution in [2.45, 2.75) is 18.6 Å². The van der Waals surface area contributed by atoms with Gasteiger partial charge in [0, 0.05) is 5.02 Å². The minimum absolute atomic E-state index is 0.145. The summed E-state index contributed by atoms with van der Waals surface area (Å²) in [7, 11) is 0. The van der Waals surface area contributed by atoms with Crippen molar-refractivity contribution in [1.82, 2.24) is 15.0 Å². The van der Waals surface area contributed by atoms with E-state index >= 15 is 0 Å². The number of carbonyl (C=O) groups excluding carboxylic acids is 1. The fourth-order valence-electron chi connectivity index (χ4n) is 3.18. The molecule has 0 saturated heterocycles. The molecule has 1 N–H and O–H groups in total. The lowest BCUT2D eigenvalue weighted by atomic mass is 10.1. The van der Waals surface area contributed by atoms with Crippen molar-refractivity contribution in [2.24, 2.45) is 5.10 Å². The van der Waals surface area contributed by atoms with E-state index in [-0.39, 0.29) is 17.5 Å². The van der Waals surface area contributed by atoms with Gasteiger partial charge in [0.1, 0.15) is 5.82 Å². The fraction of sp³-hybridized carbons (Fsp3) is 0.125. The lowest BCUT2D eigenvalue weighted by molar-refractivity contribution is -0.118. The number of hydrogen-bond acceptors (Lipinski definition) is 4. The molecule has 0 aliphatic rings. The van der Waals surface area contributed by atoms with Gasteiger partial charge in [-0.3, -0.25) is 4.79 Å². The van der Waals surface area contributed by atoms with E-state index in [0.29, 0.717) is 17.3 Å². The van der Waals surface area contributed by atoms with Gasteiger partial charge in [-0.15, -0.1) is 0 Å². The lowest BCUT2D eigenvalue weighted by Gasteiger charge is -2.10. The van der Waals surface area contributed by atoms with Gasteiger partial charge in [-0.1, -0.05) is 65.8 Å². The smallest absolute Gasteiger partial charge is 0.250 e. The third-order valence-corrected chi connectivity index (χ3v) is 6.19. The van der Waals surface area contributed by atoms with Gasteiger partial charge in [0.15, 0.2) is 5.16 Å². The highest BCUT2D eigenvalue weighted by Gasteiger charge is 2.14. The zero-order chi connectivity index (χ0) is 22.5. The Hall–Kier alpha value is -3.16. The molecule has 1 aromatic heterocycles. The Morgan fingerprint density at radius 1 is 1.09 bits per heavy atom. The molecule has 0 aliphatic carbocycles. The van der Waals surface area contributed by atoms with Crippen molar-refractivity contribution >= 4 is 46.0 Å². The predicted octanol–water partition coefficient (Wildman–Crippen LogP) is 5.51. The number of nitrogens with one attached hydrogen (secondary N) is 1. The SMILES string of the molecule is C/C(=N\NC(=O)CSc1nc2ccccc2n1Cc1ccccc1Cl)c1ccc(F)cc1. The molecule has 0 aliphatic heterocycles. The first kappa shape index (κ1) is 22.0. The number of nitrogens with zero attached hydrogens (tertiary/aromatic N) is 3. The van der Waals surface area contributed by atoms with Crippen LogP contribution in [0.2, 0.25) is 5.02 Å². The Morgan fingerprint density at radius 2 is 1.81 bits per heavy atom. The summed E-state index contributed by atoms with van der Waals surface area (Å²) in [6.45, 7) is 2.30. The van der Waals surface area contributed by atoms with E-state index in [1.807, 2.05) is 48.5 Å². The topological polar surface area (TPSA) is 59.3 Å². The number of benzene rings is 3. The molecule has 0 saturated carbocycles. The van der Waals surface area contributed by atoms with Crippen molar-refractivity contribution < 1.29 is 9.18 Å². The maximum absolute atomic E-state index is 13.1. The van der Waals surface area contributed by atoms with Crippen molar-refractivity contribution in [2.75, 3.05) is 5.75 Å². The molecule has 4 rings (SSSR count). The number of fused-ring (bicyclic) bond motifs is 1. The van der Waals surface area contributed by atoms with E-state index < -0.39 is 0 Å². The first-order valence-electron chi connectivity index (χ1n) is 9.92. The van der Waals surface area contributed by atoms with Crippen LogP contribution in [0.15, 0.2) is 83.1 Å². The van der Waals surface area contributed by atoms with E-state index in [9.17, 15) is 9.18 Å². The van der Waals surface area contributed by atoms with Crippen molar-refractivity contribution in [3.63, 3.8) is 0 Å². The molecule has 0 fully saturated rings. The minimum Gasteiger partial charge on any atom is -0.314 e. The summed E-state index contributed by atoms with van der Waals surface area (Å²) in [4.78, 5) is 17.1. The molecule has 0 unspecified atom stereocenters. The second kappa shape index (κ2) is 9.97. The number of imidazole rings is 1. The zero-order valence-corrected chi connectivity index (χ0v) is 18.8. The molecule has 1 amide bonds. The number of amides is 1. The molecule has 3 aromatic carbocycles. The largest absolute Gasteiger partial charge is 0.314 e. The molecule has 0 atom stereocenters. The average molecular weight is 467 g/mol. The molecule has 4 aromatic rings. The van der Waals surface area contributed by atoms with Crippen molar-refractivity contribution in [1.29, 1.82) is 0 Å². The number of aromatic nitrogens is 2. The second-order valence-corrected chi connectivity index (χ2v) is 8.44. The number of halogens is 2. The number of para-hydroxylation sites is 2. The molecular formula is C24H20ClFN4OS. The van der Waals surface area contributed by atoms with Crippen LogP contribution in [0.5, 0.6) is 0 Å². The molecule has 1 heterocycles. The van der Waals surface area contributed by atoms with Gasteiger partial charge >= 0.3 is 0 Å². The Balaban J connectivity index is 1.48. The summed E-state index contributed by atoms with van der Waals surface area (Å²) in [6, 6.07) is 21.5. The van der Waals surface area contributed by atoms with Crippen LogP contribution in [0.4, 0.5) is 4.39 Å². The van der Waals surface area contributed by atoms with Crippen molar-refractivity contribution in [3.8, 4) is 0 Å². The van der Waals surface area contributed by atoms with Crippen LogP contribution in [0.25, 0.3) is 11.0 Å². The number of hydrogen-bond donors (Lipinski definition) is 1. The summed E-state index contributed by atoms with van der Waals surface area (Å²) in [5, 5.41) is 5.52. The summed E-state index contributed by atoms with van der Waals surface area (Å²) >= 11 is 7.70. The molecule has 0 spiro atoms. The van der Waals surface area contributed by atoms with Gasteiger partial charge in [0.25, 0.3) is 5.91 Å². The third kappa shape index (κ3) is 5.18. The van der Waals surface area contributed by atoms with Crippen LogP contribution < -0.4 is 5.43 Å². The van der Waals surface area contributed by atoms with E-state index in [1.165, 1.54) is 23.9 Å². The normalized spacial score (nSPS) is 11.7. The van der Waals surface area contributed by atoms with E-state index in [1.54, 1.807) is 19.1 Å². The van der Waals surface area contributed by atoms with Gasteiger partial charge in [0.05, 0.1) is 29.0 Å². The van der Waals surface area contributed by atoms with Crippen LogP contribution in [-0.4, -0.2) is 26.9 Å². The number of hydrazone groups is 1. The van der Waals surface area contributed by atoms with Crippen LogP contribution >= 0.6 is 23.4 Å². The standard InChI is InChI=1S/C24H20ClFN4OS/c1-16(17-10-12-19(26)13-11-17)28-29-23(31)15-32-24-27-21-8-4-5-9-22(21)30(24)14-18-6-2-3-7-20(18)25/h2-13H,14-15H2,1H3,(H,29,31)/b28-16+. The highest BCUT2D eigenvalue weighted by molar-refractivity contribution is 7.99. The van der Waals surface area contributed by atoms with Crippen LogP contribution in [0, 0.1) is 5.82 Å².